The highest BCUT2D eigenvalue weighted by Crippen LogP contribution is 2.36. The highest BCUT2D eigenvalue weighted by Gasteiger charge is 2.15. The van der Waals surface area contributed by atoms with Gasteiger partial charge in [-0.1, -0.05) is 91.0 Å². The molecule has 0 N–H and O–H groups in total. The van der Waals surface area contributed by atoms with E-state index in [9.17, 15) is 0 Å². The number of hydrogen-bond acceptors (Lipinski definition) is 3. The average molecular weight is 553 g/mol. The molecule has 4 nitrogen and oxygen atoms in total. The Morgan fingerprint density at radius 3 is 1.55 bits per heavy atom. The van der Waals surface area contributed by atoms with Crippen molar-refractivity contribution in [1.82, 2.24) is 19.5 Å². The van der Waals surface area contributed by atoms with E-state index in [1.165, 1.54) is 16.3 Å². The minimum absolute atomic E-state index is 0.646. The number of rotatable bonds is 4. The Bertz CT molecular complexity index is 1850. The molecule has 0 bridgehead atoms. The number of nitrogens with zero attached hydrogens (tertiary/aromatic N) is 4. The van der Waals surface area contributed by atoms with Crippen molar-refractivity contribution in [3.63, 3.8) is 0 Å². The predicted octanol–water partition coefficient (Wildman–Crippen LogP) is 8.73. The zero-order chi connectivity index (χ0) is 25.5. The standard InChI is InChI=1S/C33H21BrN4/c34-28-16-9-15-27-26-14-7-8-17-29(26)38(30(27)28)25-20-18-24(19-21-25)33-36-31(22-10-3-1-4-11-22)35-32(37-33)23-12-5-2-6-13-23/h1-21H. The number of fused-ring (bicyclic) bond motifs is 3. The van der Waals surface area contributed by atoms with Crippen LogP contribution in [0.5, 0.6) is 0 Å². The normalized spacial score (nSPS) is 11.3. The Labute approximate surface area is 228 Å². The summed E-state index contributed by atoms with van der Waals surface area (Å²) in [6.07, 6.45) is 0. The summed E-state index contributed by atoms with van der Waals surface area (Å²) in [6.45, 7) is 0. The van der Waals surface area contributed by atoms with E-state index in [2.05, 4.69) is 87.2 Å². The third-order valence-corrected chi connectivity index (χ3v) is 7.37. The fourth-order valence-corrected chi connectivity index (χ4v) is 5.49. The lowest BCUT2D eigenvalue weighted by molar-refractivity contribution is 1.07. The van der Waals surface area contributed by atoms with Crippen LogP contribution in [0.4, 0.5) is 0 Å². The van der Waals surface area contributed by atoms with Crippen LogP contribution in [0, 0.1) is 0 Å². The molecule has 0 aliphatic carbocycles. The fourth-order valence-electron chi connectivity index (χ4n) is 4.94. The van der Waals surface area contributed by atoms with Crippen LogP contribution in [0.25, 0.3) is 61.7 Å². The first-order chi connectivity index (χ1) is 18.8. The molecule has 0 spiro atoms. The SMILES string of the molecule is Brc1cccc2c3ccccc3n(-c3ccc(-c4nc(-c5ccccc5)nc(-c5ccccc5)n4)cc3)c12. The van der Waals surface area contributed by atoms with Crippen molar-refractivity contribution in [2.45, 2.75) is 0 Å². The summed E-state index contributed by atoms with van der Waals surface area (Å²) in [5.41, 5.74) is 6.25. The van der Waals surface area contributed by atoms with Gasteiger partial charge in [-0.2, -0.15) is 0 Å². The molecule has 180 valence electrons. The number of aromatic nitrogens is 4. The topological polar surface area (TPSA) is 43.6 Å². The van der Waals surface area contributed by atoms with Gasteiger partial charge in [-0.05, 0) is 52.3 Å². The molecule has 5 aromatic carbocycles. The van der Waals surface area contributed by atoms with Crippen LogP contribution < -0.4 is 0 Å². The van der Waals surface area contributed by atoms with Gasteiger partial charge in [0, 0.05) is 37.6 Å². The van der Waals surface area contributed by atoms with E-state index in [1.54, 1.807) is 0 Å². The predicted molar refractivity (Wildman–Crippen MR) is 158 cm³/mol. The summed E-state index contributed by atoms with van der Waals surface area (Å²) in [6, 6.07) is 43.4. The first-order valence-corrected chi connectivity index (χ1v) is 13.2. The summed E-state index contributed by atoms with van der Waals surface area (Å²) in [4.78, 5) is 14.5. The van der Waals surface area contributed by atoms with E-state index in [-0.39, 0.29) is 0 Å². The molecule has 2 heterocycles. The molecule has 0 amide bonds. The second-order valence-corrected chi connectivity index (χ2v) is 9.93. The smallest absolute Gasteiger partial charge is 0.164 e. The van der Waals surface area contributed by atoms with E-state index in [0.717, 1.165) is 32.4 Å². The van der Waals surface area contributed by atoms with Crippen LogP contribution in [0.1, 0.15) is 0 Å². The summed E-state index contributed by atoms with van der Waals surface area (Å²) in [5.74, 6) is 1.96. The Morgan fingerprint density at radius 2 is 0.947 bits per heavy atom. The van der Waals surface area contributed by atoms with Gasteiger partial charge in [0.1, 0.15) is 0 Å². The minimum atomic E-state index is 0.646. The van der Waals surface area contributed by atoms with Crippen molar-refractivity contribution in [3.05, 3.63) is 132 Å². The first-order valence-electron chi connectivity index (χ1n) is 12.4. The van der Waals surface area contributed by atoms with Gasteiger partial charge in [-0.15, -0.1) is 0 Å². The maximum absolute atomic E-state index is 4.87. The lowest BCUT2D eigenvalue weighted by Gasteiger charge is -2.11. The van der Waals surface area contributed by atoms with E-state index in [4.69, 9.17) is 15.0 Å². The third-order valence-electron chi connectivity index (χ3n) is 6.73. The van der Waals surface area contributed by atoms with E-state index in [0.29, 0.717) is 17.5 Å². The maximum Gasteiger partial charge on any atom is 0.164 e. The van der Waals surface area contributed by atoms with Crippen molar-refractivity contribution >= 4 is 37.7 Å². The van der Waals surface area contributed by atoms with Gasteiger partial charge in [0.25, 0.3) is 0 Å². The molecule has 0 aliphatic heterocycles. The van der Waals surface area contributed by atoms with E-state index >= 15 is 0 Å². The molecule has 0 radical (unpaired) electrons. The van der Waals surface area contributed by atoms with Gasteiger partial charge in [-0.25, -0.2) is 15.0 Å². The van der Waals surface area contributed by atoms with Gasteiger partial charge in [-0.3, -0.25) is 0 Å². The lowest BCUT2D eigenvalue weighted by Crippen LogP contribution is -2.00. The molecule has 0 unspecified atom stereocenters. The van der Waals surface area contributed by atoms with E-state index < -0.39 is 0 Å². The van der Waals surface area contributed by atoms with Gasteiger partial charge in [0.05, 0.1) is 11.0 Å². The van der Waals surface area contributed by atoms with Gasteiger partial charge in [0.2, 0.25) is 0 Å². The van der Waals surface area contributed by atoms with Crippen molar-refractivity contribution in [2.75, 3.05) is 0 Å². The second-order valence-electron chi connectivity index (χ2n) is 9.07. The van der Waals surface area contributed by atoms with Crippen LogP contribution in [0.3, 0.4) is 0 Å². The Kier molecular flexibility index (Phi) is 5.56. The van der Waals surface area contributed by atoms with Crippen LogP contribution in [0.2, 0.25) is 0 Å². The summed E-state index contributed by atoms with van der Waals surface area (Å²) in [7, 11) is 0. The van der Waals surface area contributed by atoms with Crippen molar-refractivity contribution in [1.29, 1.82) is 0 Å². The highest BCUT2D eigenvalue weighted by atomic mass is 79.9. The first kappa shape index (κ1) is 22.6. The summed E-state index contributed by atoms with van der Waals surface area (Å²) in [5, 5.41) is 2.45. The molecule has 5 heteroatoms. The molecule has 0 aliphatic rings. The number of benzene rings is 5. The van der Waals surface area contributed by atoms with E-state index in [1.807, 2.05) is 60.7 Å². The van der Waals surface area contributed by atoms with Crippen LogP contribution >= 0.6 is 15.9 Å². The Balaban J connectivity index is 1.38. The second kappa shape index (κ2) is 9.36. The quantitative estimate of drug-likeness (QED) is 0.219. The Hall–Kier alpha value is -4.61. The molecular formula is C33H21BrN4. The molecule has 0 atom stereocenters. The zero-order valence-electron chi connectivity index (χ0n) is 20.3. The molecular weight excluding hydrogens is 532 g/mol. The Morgan fingerprint density at radius 1 is 0.447 bits per heavy atom. The zero-order valence-corrected chi connectivity index (χ0v) is 21.9. The van der Waals surface area contributed by atoms with Crippen LogP contribution in [0.15, 0.2) is 132 Å². The molecule has 0 saturated heterocycles. The van der Waals surface area contributed by atoms with Crippen molar-refractivity contribution < 1.29 is 0 Å². The molecule has 38 heavy (non-hydrogen) atoms. The maximum atomic E-state index is 4.87. The fraction of sp³-hybridized carbons (Fsp3) is 0. The number of hydrogen-bond donors (Lipinski definition) is 0. The van der Waals surface area contributed by atoms with Crippen LogP contribution in [-0.2, 0) is 0 Å². The average Bonchev–Trinajstić information content (AvgIpc) is 3.34. The minimum Gasteiger partial charge on any atom is -0.308 e. The molecule has 2 aromatic heterocycles. The highest BCUT2D eigenvalue weighted by molar-refractivity contribution is 9.10. The summed E-state index contributed by atoms with van der Waals surface area (Å²) >= 11 is 3.79. The van der Waals surface area contributed by atoms with Crippen molar-refractivity contribution in [3.8, 4) is 39.9 Å². The molecule has 0 saturated carbocycles. The van der Waals surface area contributed by atoms with Crippen molar-refractivity contribution in [2.24, 2.45) is 0 Å². The van der Waals surface area contributed by atoms with Gasteiger partial charge >= 0.3 is 0 Å². The molecule has 7 rings (SSSR count). The van der Waals surface area contributed by atoms with Gasteiger partial charge < -0.3 is 4.57 Å². The number of halogens is 1. The lowest BCUT2D eigenvalue weighted by atomic mass is 10.1. The third kappa shape index (κ3) is 3.88. The van der Waals surface area contributed by atoms with Crippen LogP contribution in [-0.4, -0.2) is 19.5 Å². The van der Waals surface area contributed by atoms with Gasteiger partial charge in [0.15, 0.2) is 17.5 Å². The number of para-hydroxylation sites is 2. The molecule has 7 aromatic rings. The largest absolute Gasteiger partial charge is 0.308 e. The monoisotopic (exact) mass is 552 g/mol. The molecule has 0 fully saturated rings. The summed E-state index contributed by atoms with van der Waals surface area (Å²) < 4.78 is 3.37.